The van der Waals surface area contributed by atoms with Gasteiger partial charge < -0.3 is 4.74 Å². The average Bonchev–Trinajstić information content (AvgIpc) is 2.73. The van der Waals surface area contributed by atoms with Crippen molar-refractivity contribution in [2.75, 3.05) is 0 Å². The highest BCUT2D eigenvalue weighted by Crippen LogP contribution is 2.55. The van der Waals surface area contributed by atoms with E-state index in [4.69, 9.17) is 4.74 Å². The first-order valence-corrected chi connectivity index (χ1v) is 8.63. The zero-order chi connectivity index (χ0) is 14.0. The molecular formula is C17H22BrFO. The Kier molecular flexibility index (Phi) is 4.46. The Balaban J connectivity index is 1.64. The normalized spacial score (nSPS) is 28.9. The molecule has 2 aliphatic carbocycles. The monoisotopic (exact) mass is 340 g/mol. The summed E-state index contributed by atoms with van der Waals surface area (Å²) in [5.41, 5.74) is 0.983. The summed E-state index contributed by atoms with van der Waals surface area (Å²) in [6.45, 7) is 0.402. The molecule has 3 heteroatoms. The van der Waals surface area contributed by atoms with Crippen molar-refractivity contribution in [3.63, 3.8) is 0 Å². The van der Waals surface area contributed by atoms with Crippen LogP contribution in [0.4, 0.5) is 4.39 Å². The summed E-state index contributed by atoms with van der Waals surface area (Å²) in [7, 11) is 0. The van der Waals surface area contributed by atoms with Gasteiger partial charge in [-0.15, -0.1) is 0 Å². The van der Waals surface area contributed by atoms with Gasteiger partial charge in [-0.1, -0.05) is 59.8 Å². The van der Waals surface area contributed by atoms with E-state index in [9.17, 15) is 4.39 Å². The van der Waals surface area contributed by atoms with Gasteiger partial charge in [-0.25, -0.2) is 4.39 Å². The molecule has 0 heterocycles. The third-order valence-electron chi connectivity index (χ3n) is 5.12. The van der Waals surface area contributed by atoms with Crippen LogP contribution < -0.4 is 0 Å². The smallest absolute Gasteiger partial charge is 0.128 e. The molecule has 2 aliphatic rings. The lowest BCUT2D eigenvalue weighted by molar-refractivity contribution is -0.119. The van der Waals surface area contributed by atoms with Crippen LogP contribution in [0.5, 0.6) is 0 Å². The molecule has 2 atom stereocenters. The van der Waals surface area contributed by atoms with Crippen LogP contribution in [0.15, 0.2) is 24.3 Å². The highest BCUT2D eigenvalue weighted by atomic mass is 79.9. The van der Waals surface area contributed by atoms with Gasteiger partial charge in [0.05, 0.1) is 12.7 Å². The van der Waals surface area contributed by atoms with E-state index in [-0.39, 0.29) is 5.82 Å². The Morgan fingerprint density at radius 1 is 1.15 bits per heavy atom. The standard InChI is InChI=1S/C17H22BrFO/c18-15-11-16(17(15)9-5-1-2-6-10-17)20-12-13-7-3-4-8-14(13)19/h3-4,7-8,15-16H,1-2,5-6,9-12H2. The number of alkyl halides is 1. The fraction of sp³-hybridized carbons (Fsp3) is 0.647. The molecule has 0 saturated heterocycles. The lowest BCUT2D eigenvalue weighted by Gasteiger charge is -2.53. The fourth-order valence-electron chi connectivity index (χ4n) is 3.76. The highest BCUT2D eigenvalue weighted by molar-refractivity contribution is 9.09. The molecule has 2 fully saturated rings. The molecule has 1 aromatic rings. The summed E-state index contributed by atoms with van der Waals surface area (Å²) >= 11 is 3.84. The molecular weight excluding hydrogens is 319 g/mol. The van der Waals surface area contributed by atoms with Crippen LogP contribution in [0, 0.1) is 11.2 Å². The fourth-order valence-corrected chi connectivity index (χ4v) is 4.85. The SMILES string of the molecule is Fc1ccccc1COC1CC(Br)C12CCCCCC2. The van der Waals surface area contributed by atoms with Gasteiger partial charge in [0.1, 0.15) is 5.82 Å². The van der Waals surface area contributed by atoms with E-state index >= 15 is 0 Å². The number of halogens is 2. The molecule has 0 amide bonds. The molecule has 1 aromatic carbocycles. The Bertz CT molecular complexity index is 454. The maximum atomic E-state index is 13.6. The summed E-state index contributed by atoms with van der Waals surface area (Å²) in [4.78, 5) is 0.582. The molecule has 3 rings (SSSR count). The van der Waals surface area contributed by atoms with Crippen molar-refractivity contribution in [2.45, 2.75) is 62.5 Å². The average molecular weight is 341 g/mol. The Morgan fingerprint density at radius 3 is 2.50 bits per heavy atom. The van der Waals surface area contributed by atoms with Gasteiger partial charge in [0.25, 0.3) is 0 Å². The van der Waals surface area contributed by atoms with Crippen LogP contribution >= 0.6 is 15.9 Å². The molecule has 0 aromatic heterocycles. The first-order chi connectivity index (χ1) is 9.72. The van der Waals surface area contributed by atoms with E-state index in [1.165, 1.54) is 44.6 Å². The molecule has 0 radical (unpaired) electrons. The first-order valence-electron chi connectivity index (χ1n) is 7.71. The van der Waals surface area contributed by atoms with E-state index < -0.39 is 0 Å². The Labute approximate surface area is 129 Å². The van der Waals surface area contributed by atoms with Gasteiger partial charge in [0.2, 0.25) is 0 Å². The van der Waals surface area contributed by atoms with Crippen molar-refractivity contribution in [3.05, 3.63) is 35.6 Å². The molecule has 0 bridgehead atoms. The molecule has 1 nitrogen and oxygen atoms in total. The zero-order valence-corrected chi connectivity index (χ0v) is 13.4. The second-order valence-corrected chi connectivity index (χ2v) is 7.35. The third kappa shape index (κ3) is 2.67. The number of hydrogen-bond donors (Lipinski definition) is 0. The van der Waals surface area contributed by atoms with Crippen molar-refractivity contribution in [1.29, 1.82) is 0 Å². The molecule has 0 aliphatic heterocycles. The molecule has 2 unspecified atom stereocenters. The van der Waals surface area contributed by atoms with E-state index in [1.807, 2.05) is 12.1 Å². The molecule has 0 N–H and O–H groups in total. The topological polar surface area (TPSA) is 9.23 Å². The predicted octanol–water partition coefficient (Wildman–Crippen LogP) is 5.22. The lowest BCUT2D eigenvalue weighted by Crippen LogP contribution is -2.55. The number of ether oxygens (including phenoxy) is 1. The maximum absolute atomic E-state index is 13.6. The molecule has 1 spiro atoms. The van der Waals surface area contributed by atoms with E-state index in [0.717, 1.165) is 6.42 Å². The lowest BCUT2D eigenvalue weighted by atomic mass is 9.61. The largest absolute Gasteiger partial charge is 0.373 e. The zero-order valence-electron chi connectivity index (χ0n) is 11.8. The minimum atomic E-state index is -0.155. The first kappa shape index (κ1) is 14.5. The molecule has 20 heavy (non-hydrogen) atoms. The van der Waals surface area contributed by atoms with Crippen molar-refractivity contribution < 1.29 is 9.13 Å². The van der Waals surface area contributed by atoms with Gasteiger partial charge in [-0.2, -0.15) is 0 Å². The summed E-state index contributed by atoms with van der Waals surface area (Å²) in [5.74, 6) is -0.155. The second kappa shape index (κ2) is 6.15. The van der Waals surface area contributed by atoms with E-state index in [2.05, 4.69) is 15.9 Å². The number of rotatable bonds is 3. The van der Waals surface area contributed by atoms with Gasteiger partial charge in [-0.3, -0.25) is 0 Å². The summed E-state index contributed by atoms with van der Waals surface area (Å²) < 4.78 is 19.7. The van der Waals surface area contributed by atoms with Crippen LogP contribution in [0.1, 0.15) is 50.5 Å². The van der Waals surface area contributed by atoms with Gasteiger partial charge in [0.15, 0.2) is 0 Å². The van der Waals surface area contributed by atoms with Crippen LogP contribution in [0.25, 0.3) is 0 Å². The summed E-state index contributed by atoms with van der Waals surface area (Å²) in [5, 5.41) is 0. The van der Waals surface area contributed by atoms with Crippen LogP contribution in [0.2, 0.25) is 0 Å². The summed E-state index contributed by atoms with van der Waals surface area (Å²) in [6, 6.07) is 6.92. The minimum Gasteiger partial charge on any atom is -0.373 e. The van der Waals surface area contributed by atoms with Crippen LogP contribution in [-0.4, -0.2) is 10.9 Å². The van der Waals surface area contributed by atoms with Crippen LogP contribution in [0.3, 0.4) is 0 Å². The summed E-state index contributed by atoms with van der Waals surface area (Å²) in [6.07, 6.45) is 9.18. The predicted molar refractivity (Wildman–Crippen MR) is 82.4 cm³/mol. The van der Waals surface area contributed by atoms with Crippen molar-refractivity contribution in [3.8, 4) is 0 Å². The van der Waals surface area contributed by atoms with Gasteiger partial charge >= 0.3 is 0 Å². The third-order valence-corrected chi connectivity index (χ3v) is 6.40. The number of benzene rings is 1. The Hall–Kier alpha value is -0.410. The van der Waals surface area contributed by atoms with Gasteiger partial charge in [-0.05, 0) is 25.3 Å². The van der Waals surface area contributed by atoms with E-state index in [0.29, 0.717) is 28.5 Å². The van der Waals surface area contributed by atoms with Crippen molar-refractivity contribution in [2.24, 2.45) is 5.41 Å². The number of hydrogen-bond acceptors (Lipinski definition) is 1. The second-order valence-electron chi connectivity index (χ2n) is 6.24. The maximum Gasteiger partial charge on any atom is 0.128 e. The minimum absolute atomic E-state index is 0.155. The van der Waals surface area contributed by atoms with Crippen LogP contribution in [-0.2, 0) is 11.3 Å². The highest BCUT2D eigenvalue weighted by Gasteiger charge is 2.53. The van der Waals surface area contributed by atoms with Gasteiger partial charge in [0, 0.05) is 15.8 Å². The van der Waals surface area contributed by atoms with Crippen molar-refractivity contribution in [1.82, 2.24) is 0 Å². The van der Waals surface area contributed by atoms with E-state index in [1.54, 1.807) is 6.07 Å². The molecule has 110 valence electrons. The Morgan fingerprint density at radius 2 is 1.85 bits per heavy atom. The van der Waals surface area contributed by atoms with Crippen molar-refractivity contribution >= 4 is 15.9 Å². The molecule has 2 saturated carbocycles. The quantitative estimate of drug-likeness (QED) is 0.685.